The van der Waals surface area contributed by atoms with Gasteiger partial charge in [0.1, 0.15) is 17.5 Å². The zero-order valence-corrected chi connectivity index (χ0v) is 14.0. The molecule has 3 amide bonds. The van der Waals surface area contributed by atoms with Crippen molar-refractivity contribution >= 4 is 17.9 Å². The molecule has 7 nitrogen and oxygen atoms in total. The Morgan fingerprint density at radius 1 is 1.44 bits per heavy atom. The second kappa shape index (κ2) is 6.77. The summed E-state index contributed by atoms with van der Waals surface area (Å²) in [5.74, 6) is 0.179. The molecule has 0 aromatic carbocycles. The van der Waals surface area contributed by atoms with Crippen LogP contribution in [0.2, 0.25) is 0 Å². The summed E-state index contributed by atoms with van der Waals surface area (Å²) in [4.78, 5) is 28.4. The third kappa shape index (κ3) is 5.50. The number of amides is 3. The lowest BCUT2D eigenvalue weighted by Crippen LogP contribution is -2.40. The number of hydrogen-bond donors (Lipinski definition) is 2. The number of ether oxygens (including phenoxy) is 1. The topological polar surface area (TPSA) is 83.6 Å². The molecule has 25 heavy (non-hydrogen) atoms. The summed E-state index contributed by atoms with van der Waals surface area (Å²) in [6, 6.07) is 0.342. The number of anilines is 1. The number of alkyl halides is 3. The number of urea groups is 1. The molecule has 1 saturated heterocycles. The van der Waals surface area contributed by atoms with Gasteiger partial charge >= 0.3 is 18.3 Å². The van der Waals surface area contributed by atoms with Gasteiger partial charge in [-0.1, -0.05) is 0 Å². The van der Waals surface area contributed by atoms with E-state index in [2.05, 4.69) is 10.3 Å². The fourth-order valence-corrected chi connectivity index (χ4v) is 2.18. The largest absolute Gasteiger partial charge is 0.444 e. The van der Waals surface area contributed by atoms with Gasteiger partial charge in [-0.05, 0) is 38.5 Å². The third-order valence-electron chi connectivity index (χ3n) is 3.21. The first-order valence-corrected chi connectivity index (χ1v) is 7.51. The van der Waals surface area contributed by atoms with Crippen LogP contribution < -0.4 is 10.6 Å². The van der Waals surface area contributed by atoms with E-state index in [-0.39, 0.29) is 12.4 Å². The number of nitrogens with zero attached hydrogens (tertiary/aromatic N) is 2. The van der Waals surface area contributed by atoms with Crippen molar-refractivity contribution in [1.82, 2.24) is 15.2 Å². The second-order valence-corrected chi connectivity index (χ2v) is 6.60. The molecule has 1 atom stereocenters. The fraction of sp³-hybridized carbons (Fsp3) is 0.533. The monoisotopic (exact) mass is 360 g/mol. The van der Waals surface area contributed by atoms with Crippen LogP contribution in [0.5, 0.6) is 0 Å². The van der Waals surface area contributed by atoms with Crippen LogP contribution in [-0.4, -0.2) is 46.4 Å². The Kier molecular flexibility index (Phi) is 5.09. The lowest BCUT2D eigenvalue weighted by atomic mass is 10.2. The summed E-state index contributed by atoms with van der Waals surface area (Å²) >= 11 is 0. The van der Waals surface area contributed by atoms with Gasteiger partial charge in [0, 0.05) is 12.7 Å². The molecule has 2 heterocycles. The van der Waals surface area contributed by atoms with Gasteiger partial charge in [-0.25, -0.2) is 14.6 Å². The van der Waals surface area contributed by atoms with E-state index in [1.54, 1.807) is 26.8 Å². The smallest absolute Gasteiger partial charge is 0.413 e. The van der Waals surface area contributed by atoms with Crippen LogP contribution in [0.15, 0.2) is 18.3 Å². The molecular weight excluding hydrogens is 341 g/mol. The molecule has 0 unspecified atom stereocenters. The van der Waals surface area contributed by atoms with Gasteiger partial charge in [-0.3, -0.25) is 5.32 Å². The molecule has 2 rings (SSSR count). The molecule has 1 aliphatic heterocycles. The van der Waals surface area contributed by atoms with E-state index in [1.165, 1.54) is 12.3 Å². The molecule has 2 N–H and O–H groups in total. The van der Waals surface area contributed by atoms with Crippen molar-refractivity contribution in [3.05, 3.63) is 23.9 Å². The first kappa shape index (κ1) is 18.8. The van der Waals surface area contributed by atoms with Crippen LogP contribution in [0.4, 0.5) is 28.6 Å². The minimum absolute atomic E-state index is 0.0378. The number of carbonyl (C=O) groups excluding carboxylic acids is 2. The van der Waals surface area contributed by atoms with Crippen molar-refractivity contribution in [3.63, 3.8) is 0 Å². The Morgan fingerprint density at radius 2 is 2.12 bits per heavy atom. The molecule has 1 aromatic heterocycles. The first-order chi connectivity index (χ1) is 11.4. The minimum atomic E-state index is -4.49. The Hall–Kier alpha value is -2.52. The van der Waals surface area contributed by atoms with Gasteiger partial charge in [-0.15, -0.1) is 0 Å². The maximum atomic E-state index is 12.7. The zero-order valence-electron chi connectivity index (χ0n) is 14.0. The number of pyridine rings is 1. The fourth-order valence-electron chi connectivity index (χ4n) is 2.18. The predicted octanol–water partition coefficient (Wildman–Crippen LogP) is 2.88. The van der Waals surface area contributed by atoms with E-state index < -0.39 is 36.5 Å². The van der Waals surface area contributed by atoms with E-state index in [1.807, 2.05) is 5.32 Å². The number of carbonyl (C=O) groups is 2. The number of halogens is 3. The van der Waals surface area contributed by atoms with Crippen molar-refractivity contribution in [2.75, 3.05) is 11.9 Å². The average molecular weight is 360 g/mol. The van der Waals surface area contributed by atoms with Crippen LogP contribution in [0.1, 0.15) is 26.3 Å². The van der Waals surface area contributed by atoms with Gasteiger partial charge < -0.3 is 15.0 Å². The molecule has 10 heteroatoms. The van der Waals surface area contributed by atoms with Crippen molar-refractivity contribution < 1.29 is 27.5 Å². The normalized spacial score (nSPS) is 18.1. The van der Waals surface area contributed by atoms with E-state index in [9.17, 15) is 22.8 Å². The molecular formula is C15H19F3N4O3. The maximum absolute atomic E-state index is 12.7. The molecule has 1 aromatic rings. The van der Waals surface area contributed by atoms with Crippen LogP contribution >= 0.6 is 0 Å². The Balaban J connectivity index is 2.00. The molecule has 0 aliphatic carbocycles. The third-order valence-corrected chi connectivity index (χ3v) is 3.21. The van der Waals surface area contributed by atoms with Crippen molar-refractivity contribution in [2.45, 2.75) is 45.1 Å². The van der Waals surface area contributed by atoms with Crippen molar-refractivity contribution in [2.24, 2.45) is 0 Å². The SMILES string of the molecule is CC(C)(C)OC(=O)Nc1cc(CN2C[C@@H](C(F)(F)F)NC2=O)ccn1. The highest BCUT2D eigenvalue weighted by Gasteiger charge is 2.46. The summed E-state index contributed by atoms with van der Waals surface area (Å²) in [6.45, 7) is 4.61. The van der Waals surface area contributed by atoms with E-state index in [0.717, 1.165) is 4.90 Å². The number of aromatic nitrogens is 1. The van der Waals surface area contributed by atoms with E-state index >= 15 is 0 Å². The number of rotatable bonds is 3. The Bertz CT molecular complexity index is 658. The van der Waals surface area contributed by atoms with E-state index in [0.29, 0.717) is 5.56 Å². The summed E-state index contributed by atoms with van der Waals surface area (Å²) in [5.41, 5.74) is -0.152. The Morgan fingerprint density at radius 3 is 2.68 bits per heavy atom. The van der Waals surface area contributed by atoms with Gasteiger partial charge in [0.2, 0.25) is 0 Å². The van der Waals surface area contributed by atoms with Gasteiger partial charge in [0.25, 0.3) is 0 Å². The molecule has 0 radical (unpaired) electrons. The quantitative estimate of drug-likeness (QED) is 0.868. The Labute approximate surface area is 142 Å². The number of nitrogens with one attached hydrogen (secondary N) is 2. The molecule has 1 aliphatic rings. The highest BCUT2D eigenvalue weighted by atomic mass is 19.4. The highest BCUT2D eigenvalue weighted by Crippen LogP contribution is 2.25. The predicted molar refractivity (Wildman–Crippen MR) is 82.9 cm³/mol. The number of hydrogen-bond acceptors (Lipinski definition) is 4. The molecule has 138 valence electrons. The van der Waals surface area contributed by atoms with Gasteiger partial charge in [0.05, 0.1) is 6.54 Å². The van der Waals surface area contributed by atoms with Gasteiger partial charge in [-0.2, -0.15) is 13.2 Å². The van der Waals surface area contributed by atoms with Crippen LogP contribution in [0.3, 0.4) is 0 Å². The maximum Gasteiger partial charge on any atom is 0.413 e. The summed E-state index contributed by atoms with van der Waals surface area (Å²) in [6.07, 6.45) is -3.81. The van der Waals surface area contributed by atoms with Crippen molar-refractivity contribution in [3.8, 4) is 0 Å². The van der Waals surface area contributed by atoms with Crippen LogP contribution in [0, 0.1) is 0 Å². The van der Waals surface area contributed by atoms with Gasteiger partial charge in [0.15, 0.2) is 0 Å². The first-order valence-electron chi connectivity index (χ1n) is 7.51. The molecule has 0 spiro atoms. The highest BCUT2D eigenvalue weighted by molar-refractivity contribution is 5.83. The summed E-state index contributed by atoms with van der Waals surface area (Å²) in [7, 11) is 0. The van der Waals surface area contributed by atoms with Crippen molar-refractivity contribution in [1.29, 1.82) is 0 Å². The standard InChI is InChI=1S/C15H19F3N4O3/c1-14(2,3)25-13(24)21-11-6-9(4-5-19-11)7-22-8-10(15(16,17)18)20-12(22)23/h4-6,10H,7-8H2,1-3H3,(H,20,23)(H,19,21,24)/t10-/m0/s1. The van der Waals surface area contributed by atoms with Crippen LogP contribution in [-0.2, 0) is 11.3 Å². The lowest BCUT2D eigenvalue weighted by molar-refractivity contribution is -0.149. The zero-order chi connectivity index (χ0) is 18.8. The molecule has 0 saturated carbocycles. The minimum Gasteiger partial charge on any atom is -0.444 e. The lowest BCUT2D eigenvalue weighted by Gasteiger charge is -2.20. The average Bonchev–Trinajstić information content (AvgIpc) is 2.78. The van der Waals surface area contributed by atoms with Crippen LogP contribution in [0.25, 0.3) is 0 Å². The second-order valence-electron chi connectivity index (χ2n) is 6.60. The summed E-state index contributed by atoms with van der Waals surface area (Å²) in [5, 5.41) is 4.33. The molecule has 1 fully saturated rings. The molecule has 0 bridgehead atoms. The summed E-state index contributed by atoms with van der Waals surface area (Å²) < 4.78 is 43.1. The van der Waals surface area contributed by atoms with E-state index in [4.69, 9.17) is 4.74 Å².